The lowest BCUT2D eigenvalue weighted by molar-refractivity contribution is 1.01. The second-order valence-corrected chi connectivity index (χ2v) is 16.3. The molecule has 3 nitrogen and oxygen atoms in total. The Morgan fingerprint density at radius 2 is 0.763 bits per heavy atom. The summed E-state index contributed by atoms with van der Waals surface area (Å²) in [7, 11) is 0. The van der Waals surface area contributed by atoms with Gasteiger partial charge in [-0.05, 0) is 219 Å². The van der Waals surface area contributed by atoms with Gasteiger partial charge in [-0.3, -0.25) is 4.98 Å². The fourth-order valence-electron chi connectivity index (χ4n) is 7.52. The summed E-state index contributed by atoms with van der Waals surface area (Å²) in [6.45, 7) is 32.0. The van der Waals surface area contributed by atoms with Crippen LogP contribution in [0.25, 0.3) is 43.1 Å². The molecule has 0 aliphatic heterocycles. The van der Waals surface area contributed by atoms with Gasteiger partial charge in [-0.2, -0.15) is 0 Å². The standard InChI is InChI=1S/C19H16.C13H14.C9H12.C8H11N.C7H10N2/c1-11-12(2)16-9-7-14-5-4-6-15-8-10-17(13(11)3)19(16)18(14)15;1-9-8-12-6-4-5-7-13(12)11(3)10(9)2;1-7-5-4-6-8(2)9(7)3;1-6-4-9-5-7(2)8(6)3;1-5-6(2)8-4-9-7(5)3/h4-10H,1-3H3;4-8H,1-3H3;4-6H,1-3H3;4-5H,1-3H3;4H,1-3H3. The molecule has 7 aromatic carbocycles. The lowest BCUT2D eigenvalue weighted by Gasteiger charge is -2.17. The molecule has 0 radical (unpaired) electrons. The van der Waals surface area contributed by atoms with E-state index < -0.39 is 0 Å². The molecule has 9 rings (SSSR count). The minimum Gasteiger partial charge on any atom is -0.264 e. The molecule has 3 heteroatoms. The average Bonchev–Trinajstić information content (AvgIpc) is 3.23. The molecule has 0 aliphatic carbocycles. The van der Waals surface area contributed by atoms with Crippen LogP contribution in [-0.4, -0.2) is 15.0 Å². The van der Waals surface area contributed by atoms with E-state index in [4.69, 9.17) is 0 Å². The predicted octanol–water partition coefficient (Wildman–Crippen LogP) is 15.3. The summed E-state index contributed by atoms with van der Waals surface area (Å²) in [5.41, 5.74) is 19.9. The van der Waals surface area contributed by atoms with Gasteiger partial charge in [-0.1, -0.05) is 91.0 Å². The Kier molecular flexibility index (Phi) is 14.4. The molecule has 0 N–H and O–H groups in total. The number of aryl methyl sites for hydroxylation is 10. The summed E-state index contributed by atoms with van der Waals surface area (Å²) >= 11 is 0. The van der Waals surface area contributed by atoms with E-state index in [0.717, 1.165) is 11.4 Å². The van der Waals surface area contributed by atoms with Crippen molar-refractivity contribution in [1.29, 1.82) is 0 Å². The summed E-state index contributed by atoms with van der Waals surface area (Å²) < 4.78 is 0. The molecule has 0 atom stereocenters. The highest BCUT2D eigenvalue weighted by atomic mass is 14.8. The minimum absolute atomic E-state index is 1.07. The van der Waals surface area contributed by atoms with Gasteiger partial charge in [-0.25, -0.2) is 9.97 Å². The number of hydrogen-bond acceptors (Lipinski definition) is 3. The molecule has 9 aromatic rings. The normalized spacial score (nSPS) is 10.6. The Hall–Kier alpha value is -5.93. The molecule has 59 heavy (non-hydrogen) atoms. The van der Waals surface area contributed by atoms with Crippen LogP contribution in [0.2, 0.25) is 0 Å². The summed E-state index contributed by atoms with van der Waals surface area (Å²) in [5.74, 6) is 0. The van der Waals surface area contributed by atoms with Crippen LogP contribution in [0.4, 0.5) is 0 Å². The first-order valence-electron chi connectivity index (χ1n) is 20.8. The summed E-state index contributed by atoms with van der Waals surface area (Å²) in [5, 5.41) is 11.1. The van der Waals surface area contributed by atoms with Gasteiger partial charge >= 0.3 is 0 Å². The van der Waals surface area contributed by atoms with Crippen molar-refractivity contribution < 1.29 is 0 Å². The van der Waals surface area contributed by atoms with Crippen molar-refractivity contribution in [3.05, 3.63) is 193 Å². The maximum Gasteiger partial charge on any atom is 0.115 e. The van der Waals surface area contributed by atoms with Crippen LogP contribution in [0, 0.1) is 104 Å². The first kappa shape index (κ1) is 44.2. The third kappa shape index (κ3) is 9.86. The highest BCUT2D eigenvalue weighted by Crippen LogP contribution is 2.39. The lowest BCUT2D eigenvalue weighted by Crippen LogP contribution is -1.93. The van der Waals surface area contributed by atoms with Crippen molar-refractivity contribution in [3.63, 3.8) is 0 Å². The fourth-order valence-corrected chi connectivity index (χ4v) is 7.52. The maximum absolute atomic E-state index is 4.04. The second kappa shape index (κ2) is 19.2. The van der Waals surface area contributed by atoms with Gasteiger partial charge in [0.2, 0.25) is 0 Å². The molecule has 2 heterocycles. The number of benzene rings is 7. The zero-order chi connectivity index (χ0) is 43.1. The van der Waals surface area contributed by atoms with E-state index in [2.05, 4.69) is 189 Å². The lowest BCUT2D eigenvalue weighted by atomic mass is 9.87. The van der Waals surface area contributed by atoms with Crippen molar-refractivity contribution in [1.82, 2.24) is 15.0 Å². The molecule has 0 amide bonds. The molecule has 0 aliphatic rings. The van der Waals surface area contributed by atoms with E-state index in [1.807, 2.05) is 33.2 Å². The van der Waals surface area contributed by atoms with Crippen LogP contribution in [0.5, 0.6) is 0 Å². The molecule has 0 unspecified atom stereocenters. The van der Waals surface area contributed by atoms with Crippen molar-refractivity contribution in [2.24, 2.45) is 0 Å². The Labute approximate surface area is 354 Å². The monoisotopic (exact) mass is 778 g/mol. The van der Waals surface area contributed by atoms with Crippen molar-refractivity contribution >= 4 is 43.1 Å². The number of aromatic nitrogens is 3. The van der Waals surface area contributed by atoms with Gasteiger partial charge in [0.25, 0.3) is 0 Å². The van der Waals surface area contributed by atoms with E-state index in [9.17, 15) is 0 Å². The van der Waals surface area contributed by atoms with E-state index >= 15 is 0 Å². The van der Waals surface area contributed by atoms with Crippen LogP contribution < -0.4 is 0 Å². The molecule has 2 aromatic heterocycles. The third-order valence-corrected chi connectivity index (χ3v) is 12.8. The number of hydrogen-bond donors (Lipinski definition) is 0. The van der Waals surface area contributed by atoms with Crippen LogP contribution in [0.3, 0.4) is 0 Å². The van der Waals surface area contributed by atoms with Crippen LogP contribution in [-0.2, 0) is 0 Å². The van der Waals surface area contributed by atoms with Crippen molar-refractivity contribution in [3.8, 4) is 0 Å². The molecule has 302 valence electrons. The topological polar surface area (TPSA) is 38.7 Å². The predicted molar refractivity (Wildman–Crippen MR) is 258 cm³/mol. The first-order chi connectivity index (χ1) is 28.0. The molecule has 0 bridgehead atoms. The Morgan fingerprint density at radius 3 is 1.25 bits per heavy atom. The quantitative estimate of drug-likeness (QED) is 0.144. The SMILES string of the molecule is Cc1c(C)c2ccc3cccc4ccc(c1C)c2c34.Cc1cc2ccccc2c(C)c1C.Cc1cccc(C)c1C.Cc1cncc(C)c1C.Cc1ncnc(C)c1C. The van der Waals surface area contributed by atoms with Gasteiger partial charge in [0.05, 0.1) is 0 Å². The molecule has 0 saturated carbocycles. The summed E-state index contributed by atoms with van der Waals surface area (Å²) in [4.78, 5) is 12.1. The van der Waals surface area contributed by atoms with Crippen LogP contribution >= 0.6 is 0 Å². The zero-order valence-electron chi connectivity index (χ0n) is 38.2. The van der Waals surface area contributed by atoms with Gasteiger partial charge in [0.1, 0.15) is 6.33 Å². The molecule has 0 spiro atoms. The minimum atomic E-state index is 1.07. The maximum atomic E-state index is 4.04. The second-order valence-electron chi connectivity index (χ2n) is 16.3. The number of rotatable bonds is 0. The highest BCUT2D eigenvalue weighted by molar-refractivity contribution is 6.24. The van der Waals surface area contributed by atoms with E-state index in [-0.39, 0.29) is 0 Å². The van der Waals surface area contributed by atoms with Gasteiger partial charge in [0, 0.05) is 23.8 Å². The van der Waals surface area contributed by atoms with E-state index in [1.165, 1.54) is 115 Å². The van der Waals surface area contributed by atoms with Crippen molar-refractivity contribution in [2.45, 2.75) is 104 Å². The van der Waals surface area contributed by atoms with Crippen molar-refractivity contribution in [2.75, 3.05) is 0 Å². The molecule has 0 saturated heterocycles. The van der Waals surface area contributed by atoms with Crippen LogP contribution in [0.15, 0.2) is 110 Å². The first-order valence-corrected chi connectivity index (χ1v) is 20.8. The largest absolute Gasteiger partial charge is 0.264 e. The highest BCUT2D eigenvalue weighted by Gasteiger charge is 2.13. The summed E-state index contributed by atoms with van der Waals surface area (Å²) in [6, 6.07) is 32.9. The van der Waals surface area contributed by atoms with Gasteiger partial charge in [0.15, 0.2) is 0 Å². The Bertz CT molecular complexity index is 2630. The summed E-state index contributed by atoms with van der Waals surface area (Å²) in [6.07, 6.45) is 5.38. The van der Waals surface area contributed by atoms with E-state index in [1.54, 1.807) is 6.33 Å². The molecular formula is C56H63N3. The van der Waals surface area contributed by atoms with Gasteiger partial charge < -0.3 is 0 Å². The van der Waals surface area contributed by atoms with E-state index in [0.29, 0.717) is 0 Å². The number of nitrogens with zero attached hydrogens (tertiary/aromatic N) is 3. The Morgan fingerprint density at radius 1 is 0.305 bits per heavy atom. The smallest absolute Gasteiger partial charge is 0.115 e. The molecular weight excluding hydrogens is 715 g/mol. The zero-order valence-corrected chi connectivity index (χ0v) is 38.2. The van der Waals surface area contributed by atoms with Crippen LogP contribution in [0.1, 0.15) is 83.7 Å². The third-order valence-electron chi connectivity index (χ3n) is 12.8. The number of pyridine rings is 1. The average molecular weight is 778 g/mol. The Balaban J connectivity index is 0.000000146. The fraction of sp³-hybridized carbons (Fsp3) is 0.268. The van der Waals surface area contributed by atoms with Gasteiger partial charge in [-0.15, -0.1) is 0 Å². The molecule has 0 fully saturated rings. The number of fused-ring (bicyclic) bond motifs is 1.